The molecule has 42 heavy (non-hydrogen) atoms. The SMILES string of the molecule is C=C[C@H]1[C@H](O[C@@H]2O[C@H](CO)[C@@H](O)[C@H](O)[C@H]2O)OC=C(C(=O)O)[C@H]1C=CC1=CN([C@H](Cc2ccccc2)C(=O)O)CC=C1. The maximum atomic E-state index is 12.1. The number of aliphatic hydroxyl groups excluding tert-OH is 4. The van der Waals surface area contributed by atoms with E-state index in [1.807, 2.05) is 36.4 Å². The van der Waals surface area contributed by atoms with E-state index in [1.54, 1.807) is 29.3 Å². The van der Waals surface area contributed by atoms with Crippen molar-refractivity contribution in [2.45, 2.75) is 49.5 Å². The second-order valence-electron chi connectivity index (χ2n) is 10.2. The molecule has 3 heterocycles. The third-order valence-electron chi connectivity index (χ3n) is 7.45. The summed E-state index contributed by atoms with van der Waals surface area (Å²) in [5, 5.41) is 59.8. The molecule has 1 aromatic carbocycles. The molecule has 0 bridgehead atoms. The van der Waals surface area contributed by atoms with Gasteiger partial charge in [-0.25, -0.2) is 9.59 Å². The van der Waals surface area contributed by atoms with Gasteiger partial charge >= 0.3 is 11.9 Å². The molecule has 0 saturated carbocycles. The molecule has 4 rings (SSSR count). The van der Waals surface area contributed by atoms with Crippen LogP contribution in [0.1, 0.15) is 5.56 Å². The largest absolute Gasteiger partial charge is 0.480 e. The summed E-state index contributed by atoms with van der Waals surface area (Å²) in [6.45, 7) is 3.52. The Morgan fingerprint density at radius 3 is 2.48 bits per heavy atom. The van der Waals surface area contributed by atoms with Crippen LogP contribution in [-0.2, 0) is 30.2 Å². The minimum absolute atomic E-state index is 0.102. The molecule has 0 spiro atoms. The van der Waals surface area contributed by atoms with Crippen LogP contribution in [-0.4, -0.2) is 104 Å². The van der Waals surface area contributed by atoms with Gasteiger partial charge in [0.1, 0.15) is 30.5 Å². The Balaban J connectivity index is 1.54. The first-order valence-electron chi connectivity index (χ1n) is 13.4. The van der Waals surface area contributed by atoms with Gasteiger partial charge in [-0.05, 0) is 11.1 Å². The zero-order valence-electron chi connectivity index (χ0n) is 22.6. The molecule has 0 amide bonds. The van der Waals surface area contributed by atoms with Crippen LogP contribution in [0.25, 0.3) is 0 Å². The molecular weight excluding hydrogens is 550 g/mol. The van der Waals surface area contributed by atoms with E-state index in [4.69, 9.17) is 14.2 Å². The summed E-state index contributed by atoms with van der Waals surface area (Å²) in [6, 6.07) is 8.46. The van der Waals surface area contributed by atoms with Crippen LogP contribution >= 0.6 is 0 Å². The van der Waals surface area contributed by atoms with Gasteiger partial charge in [0, 0.05) is 25.1 Å². The van der Waals surface area contributed by atoms with Crippen molar-refractivity contribution in [2.24, 2.45) is 11.8 Å². The van der Waals surface area contributed by atoms with Crippen LogP contribution < -0.4 is 0 Å². The van der Waals surface area contributed by atoms with Crippen LogP contribution in [0, 0.1) is 11.8 Å². The van der Waals surface area contributed by atoms with E-state index in [1.165, 1.54) is 6.08 Å². The smallest absolute Gasteiger partial charge is 0.335 e. The Bertz CT molecular complexity index is 1240. The van der Waals surface area contributed by atoms with E-state index < -0.39 is 73.4 Å². The van der Waals surface area contributed by atoms with Crippen molar-refractivity contribution < 1.29 is 54.4 Å². The number of carbonyl (C=O) groups is 2. The van der Waals surface area contributed by atoms with Crippen LogP contribution in [0.3, 0.4) is 0 Å². The highest BCUT2D eigenvalue weighted by Crippen LogP contribution is 2.36. The van der Waals surface area contributed by atoms with Gasteiger partial charge < -0.3 is 49.7 Å². The molecule has 0 radical (unpaired) electrons. The van der Waals surface area contributed by atoms with E-state index >= 15 is 0 Å². The standard InChI is InChI=1S/C30H35NO11/c1-2-19-20(11-10-18-9-6-12-31(14-18)22(28(38)39)13-17-7-4-3-5-8-17)21(27(36)37)16-40-29(19)42-30-26(35)25(34)24(33)23(15-32)41-30/h2-11,14,16,19-20,22-26,29-30,32-35H,1,12-13,15H2,(H,36,37)(H,38,39)/t19-,20+,22-,23-,24-,25+,26-,29+,30+/m1/s1. The average molecular weight is 586 g/mol. The van der Waals surface area contributed by atoms with Crippen molar-refractivity contribution in [3.8, 4) is 0 Å². The summed E-state index contributed by atoms with van der Waals surface area (Å²) in [7, 11) is 0. The number of ether oxygens (including phenoxy) is 3. The van der Waals surface area contributed by atoms with Crippen LogP contribution in [0.15, 0.2) is 90.9 Å². The zero-order valence-corrected chi connectivity index (χ0v) is 22.6. The summed E-state index contributed by atoms with van der Waals surface area (Å²) in [6.07, 6.45) is 2.47. The topological polar surface area (TPSA) is 186 Å². The lowest BCUT2D eigenvalue weighted by Crippen LogP contribution is -2.60. The van der Waals surface area contributed by atoms with E-state index in [0.717, 1.165) is 11.8 Å². The van der Waals surface area contributed by atoms with Crippen LogP contribution in [0.5, 0.6) is 0 Å². The van der Waals surface area contributed by atoms with Crippen LogP contribution in [0.4, 0.5) is 0 Å². The lowest BCUT2D eigenvalue weighted by Gasteiger charge is -2.42. The molecule has 3 aliphatic heterocycles. The number of hydrogen-bond donors (Lipinski definition) is 6. The van der Waals surface area contributed by atoms with Gasteiger partial charge in [-0.2, -0.15) is 0 Å². The molecule has 0 aromatic heterocycles. The van der Waals surface area contributed by atoms with Gasteiger partial charge in [0.05, 0.1) is 24.4 Å². The molecule has 3 aliphatic rings. The fourth-order valence-electron chi connectivity index (χ4n) is 5.12. The fraction of sp³-hybridized carbons (Fsp3) is 0.400. The Morgan fingerprint density at radius 2 is 1.83 bits per heavy atom. The number of allylic oxidation sites excluding steroid dienone is 4. The number of benzene rings is 1. The van der Waals surface area contributed by atoms with Gasteiger partial charge in [0.15, 0.2) is 6.29 Å². The summed E-state index contributed by atoms with van der Waals surface area (Å²) in [5.74, 6) is -3.85. The minimum atomic E-state index is -1.68. The highest BCUT2D eigenvalue weighted by Gasteiger charge is 2.47. The molecule has 226 valence electrons. The predicted octanol–water partition coefficient (Wildman–Crippen LogP) is 0.554. The number of rotatable bonds is 11. The molecule has 1 fully saturated rings. The molecule has 1 saturated heterocycles. The summed E-state index contributed by atoms with van der Waals surface area (Å²) < 4.78 is 16.7. The number of aliphatic hydroxyl groups is 4. The number of aliphatic carboxylic acids is 2. The van der Waals surface area contributed by atoms with Crippen molar-refractivity contribution in [2.75, 3.05) is 13.2 Å². The van der Waals surface area contributed by atoms with Gasteiger partial charge in [-0.15, -0.1) is 6.58 Å². The number of carboxylic acids is 2. The fourth-order valence-corrected chi connectivity index (χ4v) is 5.12. The van der Waals surface area contributed by atoms with E-state index in [-0.39, 0.29) is 5.57 Å². The molecule has 0 aliphatic carbocycles. The van der Waals surface area contributed by atoms with Gasteiger partial charge in [0.25, 0.3) is 0 Å². The van der Waals surface area contributed by atoms with E-state index in [0.29, 0.717) is 18.5 Å². The Hall–Kier alpha value is -3.78. The first-order valence-corrected chi connectivity index (χ1v) is 13.4. The van der Waals surface area contributed by atoms with Crippen molar-refractivity contribution >= 4 is 11.9 Å². The first-order chi connectivity index (χ1) is 20.1. The van der Waals surface area contributed by atoms with Gasteiger partial charge in [-0.3, -0.25) is 0 Å². The maximum absolute atomic E-state index is 12.1. The lowest BCUT2D eigenvalue weighted by atomic mass is 9.83. The minimum Gasteiger partial charge on any atom is -0.480 e. The van der Waals surface area contributed by atoms with E-state index in [2.05, 4.69) is 6.58 Å². The second-order valence-corrected chi connectivity index (χ2v) is 10.2. The maximum Gasteiger partial charge on any atom is 0.335 e. The highest BCUT2D eigenvalue weighted by atomic mass is 16.8. The molecule has 0 unspecified atom stereocenters. The average Bonchev–Trinajstić information content (AvgIpc) is 2.99. The van der Waals surface area contributed by atoms with Crippen LogP contribution in [0.2, 0.25) is 0 Å². The molecular formula is C30H35NO11. The van der Waals surface area contributed by atoms with Crippen molar-refractivity contribution in [3.63, 3.8) is 0 Å². The summed E-state index contributed by atoms with van der Waals surface area (Å²) >= 11 is 0. The van der Waals surface area contributed by atoms with Gasteiger partial charge in [-0.1, -0.05) is 60.7 Å². The normalized spacial score (nSPS) is 32.0. The summed E-state index contributed by atoms with van der Waals surface area (Å²) in [4.78, 5) is 25.9. The third-order valence-corrected chi connectivity index (χ3v) is 7.45. The Morgan fingerprint density at radius 1 is 1.10 bits per heavy atom. The Labute approximate surface area is 242 Å². The highest BCUT2D eigenvalue weighted by molar-refractivity contribution is 5.87. The van der Waals surface area contributed by atoms with Crippen molar-refractivity contribution in [3.05, 3.63) is 96.5 Å². The molecule has 9 atom stereocenters. The lowest BCUT2D eigenvalue weighted by molar-refractivity contribution is -0.338. The molecule has 1 aromatic rings. The van der Waals surface area contributed by atoms with Crippen molar-refractivity contribution in [1.29, 1.82) is 0 Å². The zero-order chi connectivity index (χ0) is 30.4. The van der Waals surface area contributed by atoms with Gasteiger partial charge in [0.2, 0.25) is 6.29 Å². The number of hydrogen-bond acceptors (Lipinski definition) is 10. The third kappa shape index (κ3) is 6.98. The molecule has 12 heteroatoms. The Kier molecular flexibility index (Phi) is 10.3. The van der Waals surface area contributed by atoms with E-state index in [9.17, 15) is 40.2 Å². The quantitative estimate of drug-likeness (QED) is 0.198. The molecule has 6 N–H and O–H groups in total. The summed E-state index contributed by atoms with van der Waals surface area (Å²) in [5.41, 5.74) is 1.41. The number of carboxylic acid groups (broad SMARTS) is 2. The predicted molar refractivity (Wildman–Crippen MR) is 147 cm³/mol. The first kappa shape index (κ1) is 31.2. The number of nitrogens with zero attached hydrogens (tertiary/aromatic N) is 1. The monoisotopic (exact) mass is 585 g/mol. The second kappa shape index (κ2) is 13.9. The molecule has 12 nitrogen and oxygen atoms in total. The van der Waals surface area contributed by atoms with Crippen molar-refractivity contribution in [1.82, 2.24) is 4.90 Å².